The van der Waals surface area contributed by atoms with Crippen LogP contribution in [-0.4, -0.2) is 39.5 Å². The average molecular weight is 438 g/mol. The van der Waals surface area contributed by atoms with E-state index < -0.39 is 23.9 Å². The van der Waals surface area contributed by atoms with Crippen LogP contribution in [0.4, 0.5) is 9.18 Å². The largest absolute Gasteiger partial charge is 0.449 e. The first kappa shape index (κ1) is 21.2. The van der Waals surface area contributed by atoms with Gasteiger partial charge >= 0.3 is 12.0 Å². The fourth-order valence-electron chi connectivity index (χ4n) is 3.17. The van der Waals surface area contributed by atoms with E-state index in [-0.39, 0.29) is 36.3 Å². The Balaban J connectivity index is 1.49. The Morgan fingerprint density at radius 1 is 1.28 bits per heavy atom. The maximum Gasteiger partial charge on any atom is 0.339 e. The Hall–Kier alpha value is -4.08. The minimum atomic E-state index is -0.885. The second-order valence-electron chi connectivity index (χ2n) is 7.26. The smallest absolute Gasteiger partial charge is 0.339 e. The average Bonchev–Trinajstić information content (AvgIpc) is 3.39. The molecule has 3 aromatic rings. The van der Waals surface area contributed by atoms with Crippen LogP contribution in [0.2, 0.25) is 0 Å². The van der Waals surface area contributed by atoms with Gasteiger partial charge in [0.1, 0.15) is 5.82 Å². The molecule has 1 aromatic heterocycles. The lowest BCUT2D eigenvalue weighted by Crippen LogP contribution is -2.31. The van der Waals surface area contributed by atoms with Crippen molar-refractivity contribution in [2.45, 2.75) is 26.5 Å². The number of aryl methyl sites for hydroxylation is 1. The summed E-state index contributed by atoms with van der Waals surface area (Å²) < 4.78 is 24.5. The first-order chi connectivity index (χ1) is 15.3. The van der Waals surface area contributed by atoms with Gasteiger partial charge in [0, 0.05) is 5.56 Å². The van der Waals surface area contributed by atoms with E-state index in [1.54, 1.807) is 44.2 Å². The number of aromatic nitrogens is 2. The van der Waals surface area contributed by atoms with Crippen molar-refractivity contribution >= 4 is 17.9 Å². The van der Waals surface area contributed by atoms with Crippen LogP contribution >= 0.6 is 0 Å². The number of hydrogen-bond acceptors (Lipinski definition) is 7. The van der Waals surface area contributed by atoms with Crippen LogP contribution in [0, 0.1) is 12.7 Å². The van der Waals surface area contributed by atoms with E-state index >= 15 is 0 Å². The van der Waals surface area contributed by atoms with Crippen molar-refractivity contribution in [1.82, 2.24) is 20.4 Å². The van der Waals surface area contributed by atoms with Gasteiger partial charge in [0.2, 0.25) is 11.7 Å². The fourth-order valence-corrected chi connectivity index (χ4v) is 3.17. The predicted octanol–water partition coefficient (Wildman–Crippen LogP) is 3.15. The van der Waals surface area contributed by atoms with Crippen molar-refractivity contribution in [2.24, 2.45) is 0 Å². The zero-order valence-corrected chi connectivity index (χ0v) is 17.3. The number of rotatable bonds is 6. The standard InChI is InChI=1S/C22H19FN4O5/c1-12-7-8-14(9-17(12)23)19-25-20(32-26-19)13(2)31-21(29)16-6-4-3-5-15(16)11-27-18(28)10-24-22(27)30/h3-9,13H,10-11H2,1-2H3,(H,24,30)/t13-/m0/s1. The zero-order valence-electron chi connectivity index (χ0n) is 17.3. The van der Waals surface area contributed by atoms with Gasteiger partial charge in [-0.1, -0.05) is 35.5 Å². The SMILES string of the molecule is Cc1ccc(-c2noc([C@H](C)OC(=O)c3ccccc3CN3C(=O)CNC3=O)n2)cc1F. The molecule has 164 valence electrons. The monoisotopic (exact) mass is 438 g/mol. The molecule has 1 saturated heterocycles. The van der Waals surface area contributed by atoms with Crippen LogP contribution in [-0.2, 0) is 16.1 Å². The number of amides is 3. The molecule has 0 aliphatic carbocycles. The molecule has 32 heavy (non-hydrogen) atoms. The molecular weight excluding hydrogens is 419 g/mol. The summed E-state index contributed by atoms with van der Waals surface area (Å²) in [5, 5.41) is 6.26. The van der Waals surface area contributed by atoms with E-state index in [1.807, 2.05) is 0 Å². The Morgan fingerprint density at radius 3 is 2.78 bits per heavy atom. The van der Waals surface area contributed by atoms with Gasteiger partial charge in [-0.25, -0.2) is 14.0 Å². The third kappa shape index (κ3) is 4.20. The van der Waals surface area contributed by atoms with Crippen LogP contribution in [0.5, 0.6) is 0 Å². The third-order valence-electron chi connectivity index (χ3n) is 5.01. The van der Waals surface area contributed by atoms with Gasteiger partial charge in [-0.3, -0.25) is 9.69 Å². The minimum absolute atomic E-state index is 0.0425. The number of hydrogen-bond donors (Lipinski definition) is 1. The molecule has 1 aliphatic heterocycles. The van der Waals surface area contributed by atoms with E-state index in [0.29, 0.717) is 16.7 Å². The number of nitrogens with one attached hydrogen (secondary N) is 1. The molecule has 1 atom stereocenters. The molecule has 0 spiro atoms. The minimum Gasteiger partial charge on any atom is -0.449 e. The molecule has 1 aliphatic rings. The second-order valence-corrected chi connectivity index (χ2v) is 7.26. The van der Waals surface area contributed by atoms with Crippen molar-refractivity contribution in [3.8, 4) is 11.4 Å². The first-order valence-electron chi connectivity index (χ1n) is 9.80. The number of ether oxygens (including phenoxy) is 1. The number of benzene rings is 2. The first-order valence-corrected chi connectivity index (χ1v) is 9.80. The van der Waals surface area contributed by atoms with Crippen molar-refractivity contribution in [2.75, 3.05) is 6.54 Å². The van der Waals surface area contributed by atoms with E-state index in [0.717, 1.165) is 4.90 Å². The number of halogens is 1. The van der Waals surface area contributed by atoms with Crippen LogP contribution in [0.15, 0.2) is 47.0 Å². The normalized spacial score (nSPS) is 14.4. The molecule has 9 nitrogen and oxygen atoms in total. The topological polar surface area (TPSA) is 115 Å². The number of imide groups is 1. The van der Waals surface area contributed by atoms with Crippen LogP contribution < -0.4 is 5.32 Å². The maximum absolute atomic E-state index is 13.8. The molecule has 3 amide bonds. The molecule has 1 fully saturated rings. The summed E-state index contributed by atoms with van der Waals surface area (Å²) in [7, 11) is 0. The highest BCUT2D eigenvalue weighted by molar-refractivity contribution is 6.02. The number of nitrogens with zero attached hydrogens (tertiary/aromatic N) is 3. The van der Waals surface area contributed by atoms with Gasteiger partial charge in [0.05, 0.1) is 18.7 Å². The van der Waals surface area contributed by atoms with E-state index in [1.165, 1.54) is 12.1 Å². The Morgan fingerprint density at radius 2 is 2.06 bits per heavy atom. The van der Waals surface area contributed by atoms with Crippen molar-refractivity contribution in [3.05, 3.63) is 70.9 Å². The zero-order chi connectivity index (χ0) is 22.8. The molecular formula is C22H19FN4O5. The van der Waals surface area contributed by atoms with Gasteiger partial charge in [0.15, 0.2) is 6.10 Å². The summed E-state index contributed by atoms with van der Waals surface area (Å²) in [4.78, 5) is 41.7. The fraction of sp³-hybridized carbons (Fsp3) is 0.227. The highest BCUT2D eigenvalue weighted by Crippen LogP contribution is 2.24. The van der Waals surface area contributed by atoms with Gasteiger partial charge in [-0.15, -0.1) is 0 Å². The van der Waals surface area contributed by atoms with Crippen LogP contribution in [0.25, 0.3) is 11.4 Å². The third-order valence-corrected chi connectivity index (χ3v) is 5.01. The lowest BCUT2D eigenvalue weighted by Gasteiger charge is -2.16. The van der Waals surface area contributed by atoms with E-state index in [4.69, 9.17) is 9.26 Å². The summed E-state index contributed by atoms with van der Waals surface area (Å²) in [6, 6.07) is 10.6. The maximum atomic E-state index is 13.8. The van der Waals surface area contributed by atoms with Crippen molar-refractivity contribution in [3.63, 3.8) is 0 Å². The van der Waals surface area contributed by atoms with E-state index in [2.05, 4.69) is 15.5 Å². The molecule has 0 saturated carbocycles. The number of carbonyl (C=O) groups is 3. The molecule has 0 radical (unpaired) electrons. The highest BCUT2D eigenvalue weighted by Gasteiger charge is 2.30. The number of urea groups is 1. The van der Waals surface area contributed by atoms with Crippen molar-refractivity contribution < 1.29 is 28.0 Å². The molecule has 1 N–H and O–H groups in total. The van der Waals surface area contributed by atoms with Gasteiger partial charge in [0.25, 0.3) is 5.89 Å². The Kier molecular flexibility index (Phi) is 5.67. The lowest BCUT2D eigenvalue weighted by atomic mass is 10.1. The van der Waals surface area contributed by atoms with Crippen molar-refractivity contribution in [1.29, 1.82) is 0 Å². The number of carbonyl (C=O) groups excluding carboxylic acids is 3. The Labute approximate surface area is 182 Å². The van der Waals surface area contributed by atoms with Gasteiger partial charge < -0.3 is 14.6 Å². The Bertz CT molecular complexity index is 1190. The summed E-state index contributed by atoms with van der Waals surface area (Å²) in [5.74, 6) is -1.24. The predicted molar refractivity (Wildman–Crippen MR) is 109 cm³/mol. The van der Waals surface area contributed by atoms with Gasteiger partial charge in [-0.2, -0.15) is 4.98 Å². The molecule has 2 aromatic carbocycles. The highest BCUT2D eigenvalue weighted by atomic mass is 19.1. The van der Waals surface area contributed by atoms with E-state index in [9.17, 15) is 18.8 Å². The summed E-state index contributed by atoms with van der Waals surface area (Å²) >= 11 is 0. The molecule has 4 rings (SSSR count). The molecule has 2 heterocycles. The summed E-state index contributed by atoms with van der Waals surface area (Å²) in [5.41, 5.74) is 1.58. The van der Waals surface area contributed by atoms with Gasteiger partial charge in [-0.05, 0) is 37.1 Å². The quantitative estimate of drug-likeness (QED) is 0.464. The second kappa shape index (κ2) is 8.58. The summed E-state index contributed by atoms with van der Waals surface area (Å²) in [6.45, 7) is 3.07. The summed E-state index contributed by atoms with van der Waals surface area (Å²) in [6.07, 6.45) is -0.885. The number of esters is 1. The lowest BCUT2D eigenvalue weighted by molar-refractivity contribution is -0.125. The molecule has 0 bridgehead atoms. The molecule has 10 heteroatoms. The molecule has 0 unspecified atom stereocenters. The van der Waals surface area contributed by atoms with Crippen LogP contribution in [0.1, 0.15) is 40.4 Å². The van der Waals surface area contributed by atoms with Crippen LogP contribution in [0.3, 0.4) is 0 Å².